The topological polar surface area (TPSA) is 66.7 Å². The molecule has 0 saturated carbocycles. The summed E-state index contributed by atoms with van der Waals surface area (Å²) in [5.41, 5.74) is 2.17. The molecule has 3 rings (SSSR count). The fourth-order valence-electron chi connectivity index (χ4n) is 3.23. The van der Waals surface area contributed by atoms with E-state index in [0.717, 1.165) is 24.3 Å². The SMILES string of the molecule is CN(Cc1ccccc1N1CCCC1)C(=O)c1cc([N+](=O)[O-])ccc1Cl. The molecule has 6 nitrogen and oxygen atoms in total. The number of non-ortho nitro benzene ring substituents is 1. The van der Waals surface area contributed by atoms with Crippen molar-refractivity contribution in [1.82, 2.24) is 4.90 Å². The van der Waals surface area contributed by atoms with E-state index in [1.54, 1.807) is 11.9 Å². The summed E-state index contributed by atoms with van der Waals surface area (Å²) in [5.74, 6) is -0.338. The quantitative estimate of drug-likeness (QED) is 0.584. The van der Waals surface area contributed by atoms with Crippen LogP contribution in [0.1, 0.15) is 28.8 Å². The molecule has 1 heterocycles. The molecule has 26 heavy (non-hydrogen) atoms. The van der Waals surface area contributed by atoms with E-state index < -0.39 is 4.92 Å². The Morgan fingerprint density at radius 2 is 1.92 bits per heavy atom. The third-order valence-electron chi connectivity index (χ3n) is 4.58. The number of hydrogen-bond acceptors (Lipinski definition) is 4. The molecular formula is C19H20ClN3O3. The normalized spacial score (nSPS) is 13.7. The third-order valence-corrected chi connectivity index (χ3v) is 4.91. The van der Waals surface area contributed by atoms with Gasteiger partial charge in [-0.25, -0.2) is 0 Å². The Labute approximate surface area is 157 Å². The van der Waals surface area contributed by atoms with Gasteiger partial charge >= 0.3 is 0 Å². The van der Waals surface area contributed by atoms with Crippen molar-refractivity contribution in [2.45, 2.75) is 19.4 Å². The van der Waals surface area contributed by atoms with Gasteiger partial charge in [0.1, 0.15) is 0 Å². The maximum Gasteiger partial charge on any atom is 0.270 e. The number of rotatable bonds is 5. The molecule has 0 atom stereocenters. The van der Waals surface area contributed by atoms with Crippen LogP contribution in [0.3, 0.4) is 0 Å². The van der Waals surface area contributed by atoms with E-state index >= 15 is 0 Å². The molecule has 1 fully saturated rings. The molecule has 0 bridgehead atoms. The van der Waals surface area contributed by atoms with E-state index in [1.807, 2.05) is 18.2 Å². The van der Waals surface area contributed by atoms with E-state index in [0.29, 0.717) is 6.54 Å². The Morgan fingerprint density at radius 3 is 2.62 bits per heavy atom. The van der Waals surface area contributed by atoms with Crippen LogP contribution in [0.5, 0.6) is 0 Å². The van der Waals surface area contributed by atoms with Gasteiger partial charge in [-0.1, -0.05) is 29.8 Å². The van der Waals surface area contributed by atoms with Crippen LogP contribution in [0, 0.1) is 10.1 Å². The van der Waals surface area contributed by atoms with Gasteiger partial charge in [0.15, 0.2) is 0 Å². The summed E-state index contributed by atoms with van der Waals surface area (Å²) in [5, 5.41) is 11.2. The average molecular weight is 374 g/mol. The monoisotopic (exact) mass is 373 g/mol. The first-order valence-electron chi connectivity index (χ1n) is 8.49. The maximum atomic E-state index is 12.8. The standard InChI is InChI=1S/C19H20ClN3O3/c1-21(19(24)16-12-15(23(25)26)8-9-17(16)20)13-14-6-2-3-7-18(14)22-10-4-5-11-22/h2-3,6-9,12H,4-5,10-11,13H2,1H3. The first-order valence-corrected chi connectivity index (χ1v) is 8.87. The van der Waals surface area contributed by atoms with Crippen LogP contribution >= 0.6 is 11.6 Å². The van der Waals surface area contributed by atoms with Crippen molar-refractivity contribution < 1.29 is 9.72 Å². The lowest BCUT2D eigenvalue weighted by Crippen LogP contribution is -2.28. The summed E-state index contributed by atoms with van der Waals surface area (Å²) in [6.45, 7) is 2.45. The van der Waals surface area contributed by atoms with Crippen LogP contribution in [0.4, 0.5) is 11.4 Å². The van der Waals surface area contributed by atoms with Gasteiger partial charge in [-0.3, -0.25) is 14.9 Å². The zero-order valence-corrected chi connectivity index (χ0v) is 15.3. The van der Waals surface area contributed by atoms with Crippen LogP contribution in [0.2, 0.25) is 5.02 Å². The van der Waals surface area contributed by atoms with Crippen molar-refractivity contribution in [3.05, 3.63) is 68.7 Å². The van der Waals surface area contributed by atoms with Gasteiger partial charge in [0.25, 0.3) is 11.6 Å². The van der Waals surface area contributed by atoms with Crippen LogP contribution < -0.4 is 4.90 Å². The van der Waals surface area contributed by atoms with Crippen molar-refractivity contribution in [3.63, 3.8) is 0 Å². The fraction of sp³-hybridized carbons (Fsp3) is 0.316. The summed E-state index contributed by atoms with van der Waals surface area (Å²) in [4.78, 5) is 27.1. The Kier molecular flexibility index (Phi) is 5.42. The van der Waals surface area contributed by atoms with Gasteiger partial charge in [-0.2, -0.15) is 0 Å². The number of nitro groups is 1. The second-order valence-electron chi connectivity index (χ2n) is 6.41. The summed E-state index contributed by atoms with van der Waals surface area (Å²) >= 11 is 6.10. The third kappa shape index (κ3) is 3.80. The zero-order chi connectivity index (χ0) is 18.7. The molecule has 0 radical (unpaired) electrons. The molecule has 2 aromatic carbocycles. The van der Waals surface area contributed by atoms with Gasteiger partial charge in [0.05, 0.1) is 15.5 Å². The molecule has 0 unspecified atom stereocenters. The van der Waals surface area contributed by atoms with Crippen LogP contribution in [-0.4, -0.2) is 35.9 Å². The number of anilines is 1. The smallest absolute Gasteiger partial charge is 0.270 e. The molecule has 0 spiro atoms. The predicted molar refractivity (Wildman–Crippen MR) is 102 cm³/mol. The van der Waals surface area contributed by atoms with Gasteiger partial charge in [-0.15, -0.1) is 0 Å². The Bertz CT molecular complexity index is 835. The number of amides is 1. The van der Waals surface area contributed by atoms with Gasteiger partial charge in [0.2, 0.25) is 0 Å². The second-order valence-corrected chi connectivity index (χ2v) is 6.81. The van der Waals surface area contributed by atoms with Gasteiger partial charge in [0, 0.05) is 44.5 Å². The lowest BCUT2D eigenvalue weighted by atomic mass is 10.1. The van der Waals surface area contributed by atoms with Gasteiger partial charge in [-0.05, 0) is 30.5 Å². The molecule has 1 saturated heterocycles. The Morgan fingerprint density at radius 1 is 1.23 bits per heavy atom. The van der Waals surface area contributed by atoms with Crippen LogP contribution in [0.15, 0.2) is 42.5 Å². The number of carbonyl (C=O) groups excluding carboxylic acids is 1. The first kappa shape index (κ1) is 18.2. The first-order chi connectivity index (χ1) is 12.5. The highest BCUT2D eigenvalue weighted by atomic mass is 35.5. The van der Waals surface area contributed by atoms with Crippen molar-refractivity contribution in [2.75, 3.05) is 25.0 Å². The van der Waals surface area contributed by atoms with Crippen molar-refractivity contribution in [1.29, 1.82) is 0 Å². The van der Waals surface area contributed by atoms with E-state index in [2.05, 4.69) is 11.0 Å². The molecule has 136 valence electrons. The predicted octanol–water partition coefficient (Wildman–Crippen LogP) is 4.12. The highest BCUT2D eigenvalue weighted by molar-refractivity contribution is 6.33. The summed E-state index contributed by atoms with van der Waals surface area (Å²) in [6, 6.07) is 11.9. The molecule has 2 aromatic rings. The molecule has 0 aromatic heterocycles. The number of nitrogens with zero attached hydrogens (tertiary/aromatic N) is 3. The van der Waals surface area contributed by atoms with Crippen molar-refractivity contribution >= 4 is 28.9 Å². The molecule has 0 aliphatic carbocycles. The molecule has 0 N–H and O–H groups in total. The summed E-state index contributed by atoms with van der Waals surface area (Å²) in [7, 11) is 1.68. The maximum absolute atomic E-state index is 12.8. The number of para-hydroxylation sites is 1. The zero-order valence-electron chi connectivity index (χ0n) is 14.5. The average Bonchev–Trinajstić information content (AvgIpc) is 3.16. The fourth-order valence-corrected chi connectivity index (χ4v) is 3.43. The number of nitro benzene ring substituents is 1. The lowest BCUT2D eigenvalue weighted by molar-refractivity contribution is -0.384. The highest BCUT2D eigenvalue weighted by Gasteiger charge is 2.21. The molecular weight excluding hydrogens is 354 g/mol. The van der Waals surface area contributed by atoms with Crippen molar-refractivity contribution in [3.8, 4) is 0 Å². The summed E-state index contributed by atoms with van der Waals surface area (Å²) in [6.07, 6.45) is 2.35. The van der Waals surface area contributed by atoms with Crippen LogP contribution in [-0.2, 0) is 6.54 Å². The number of benzene rings is 2. The Balaban J connectivity index is 1.83. The molecule has 1 aliphatic rings. The van der Waals surface area contributed by atoms with Gasteiger partial charge < -0.3 is 9.80 Å². The largest absolute Gasteiger partial charge is 0.371 e. The lowest BCUT2D eigenvalue weighted by Gasteiger charge is -2.24. The molecule has 1 amide bonds. The molecule has 7 heteroatoms. The second kappa shape index (κ2) is 7.74. The van der Waals surface area contributed by atoms with E-state index in [4.69, 9.17) is 11.6 Å². The van der Waals surface area contributed by atoms with E-state index in [-0.39, 0.29) is 22.2 Å². The van der Waals surface area contributed by atoms with E-state index in [1.165, 1.54) is 31.0 Å². The minimum atomic E-state index is -0.532. The number of carbonyl (C=O) groups is 1. The summed E-state index contributed by atoms with van der Waals surface area (Å²) < 4.78 is 0. The van der Waals surface area contributed by atoms with E-state index in [9.17, 15) is 14.9 Å². The minimum Gasteiger partial charge on any atom is -0.371 e. The molecule has 1 aliphatic heterocycles. The van der Waals surface area contributed by atoms with Crippen molar-refractivity contribution in [2.24, 2.45) is 0 Å². The number of hydrogen-bond donors (Lipinski definition) is 0. The number of halogens is 1. The van der Waals surface area contributed by atoms with Crippen LogP contribution in [0.25, 0.3) is 0 Å². The Hall–Kier alpha value is -2.60. The highest BCUT2D eigenvalue weighted by Crippen LogP contribution is 2.27. The minimum absolute atomic E-state index is 0.141.